The molecule has 3 aliphatic carbocycles. The number of nitrogens with zero attached hydrogens (tertiary/aromatic N) is 3. The van der Waals surface area contributed by atoms with Gasteiger partial charge in [0.2, 0.25) is 17.3 Å². The van der Waals surface area contributed by atoms with Gasteiger partial charge in [-0.3, -0.25) is 29.0 Å². The van der Waals surface area contributed by atoms with Gasteiger partial charge in [-0.1, -0.05) is 0 Å². The van der Waals surface area contributed by atoms with Crippen molar-refractivity contribution in [1.82, 2.24) is 9.80 Å². The molecule has 2 aromatic rings. The zero-order valence-corrected chi connectivity index (χ0v) is 35.4. The first kappa shape index (κ1) is 48.7. The molecule has 0 fully saturated rings. The van der Waals surface area contributed by atoms with Gasteiger partial charge in [-0.15, -0.1) is 0 Å². The maximum Gasteiger partial charge on any atom is 0.416 e. The van der Waals surface area contributed by atoms with Crippen LogP contribution in [0.2, 0.25) is 0 Å². The molecular formula is C41H45F6N5O12. The number of rotatable bonds is 9. The number of ketones is 2. The van der Waals surface area contributed by atoms with E-state index in [9.17, 15) is 80.6 Å². The van der Waals surface area contributed by atoms with Gasteiger partial charge < -0.3 is 46.2 Å². The second-order valence-electron chi connectivity index (χ2n) is 17.3. The Bertz CT molecular complexity index is 2410. The molecular weight excluding hydrogens is 868 g/mol. The second kappa shape index (κ2) is 16.0. The number of hydrogen-bond acceptors (Lipinski definition) is 13. The number of aliphatic hydroxyl groups excluding tert-OH is 2. The Morgan fingerprint density at radius 3 is 1.88 bits per heavy atom. The van der Waals surface area contributed by atoms with Crippen molar-refractivity contribution in [2.75, 3.05) is 45.0 Å². The number of amides is 3. The number of anilines is 2. The molecule has 0 aromatic heterocycles. The van der Waals surface area contributed by atoms with Crippen LogP contribution in [-0.2, 0) is 48.3 Å². The highest BCUT2D eigenvalue weighted by molar-refractivity contribution is 6.25. The highest BCUT2D eigenvalue weighted by Gasteiger charge is 2.63. The van der Waals surface area contributed by atoms with Crippen LogP contribution in [0.3, 0.4) is 0 Å². The van der Waals surface area contributed by atoms with Crippen LogP contribution in [-0.4, -0.2) is 123 Å². The lowest BCUT2D eigenvalue weighted by Crippen LogP contribution is -2.63. The number of nitrogens with two attached hydrogens (primary N) is 1. The van der Waals surface area contributed by atoms with Gasteiger partial charge in [-0.05, 0) is 90.4 Å². The molecule has 0 saturated heterocycles. The Morgan fingerprint density at radius 1 is 0.891 bits per heavy atom. The van der Waals surface area contributed by atoms with E-state index in [1.165, 1.54) is 50.7 Å². The monoisotopic (exact) mass is 913 g/mol. The summed E-state index contributed by atoms with van der Waals surface area (Å²) in [5.74, 6) is -12.4. The van der Waals surface area contributed by atoms with E-state index in [-0.39, 0.29) is 42.3 Å². The summed E-state index contributed by atoms with van der Waals surface area (Å²) in [5.41, 5.74) is -9.32. The fourth-order valence-corrected chi connectivity index (χ4v) is 8.39. The van der Waals surface area contributed by atoms with E-state index in [0.29, 0.717) is 11.8 Å². The van der Waals surface area contributed by atoms with Gasteiger partial charge in [-0.25, -0.2) is 9.59 Å². The zero-order valence-electron chi connectivity index (χ0n) is 35.4. The fraction of sp³-hybridized carbons (Fsp3) is 0.463. The molecule has 0 heterocycles. The fourth-order valence-electron chi connectivity index (χ4n) is 8.39. The summed E-state index contributed by atoms with van der Waals surface area (Å²) >= 11 is 0. The molecule has 3 amide bonds. The molecule has 0 saturated carbocycles. The molecule has 348 valence electrons. The number of fused-ring (bicyclic) bond motifs is 3. The molecule has 17 nitrogen and oxygen atoms in total. The zero-order chi connectivity index (χ0) is 48.7. The van der Waals surface area contributed by atoms with Crippen LogP contribution in [0.1, 0.15) is 66.7 Å². The molecule has 0 bridgehead atoms. The van der Waals surface area contributed by atoms with Gasteiger partial charge in [0, 0.05) is 42.4 Å². The molecule has 2 aromatic carbocycles. The van der Waals surface area contributed by atoms with E-state index in [2.05, 4.69) is 5.32 Å². The van der Waals surface area contributed by atoms with E-state index < -0.39 is 145 Å². The van der Waals surface area contributed by atoms with Crippen LogP contribution < -0.4 is 16.0 Å². The van der Waals surface area contributed by atoms with E-state index >= 15 is 0 Å². The minimum Gasteiger partial charge on any atom is -0.510 e. The minimum atomic E-state index is -5.39. The summed E-state index contributed by atoms with van der Waals surface area (Å²) in [4.78, 5) is 83.9. The number of halogens is 6. The van der Waals surface area contributed by atoms with Gasteiger partial charge in [0.1, 0.15) is 23.6 Å². The van der Waals surface area contributed by atoms with Gasteiger partial charge >= 0.3 is 24.4 Å². The molecule has 23 heteroatoms. The van der Waals surface area contributed by atoms with Gasteiger partial charge in [0.15, 0.2) is 17.1 Å². The Hall–Kier alpha value is -6.36. The second-order valence-corrected chi connectivity index (χ2v) is 17.3. The van der Waals surface area contributed by atoms with E-state index in [4.69, 9.17) is 10.5 Å². The number of hydrogen-bond donors (Lipinski definition) is 7. The molecule has 0 aliphatic heterocycles. The number of aromatic hydroxyl groups is 1. The third kappa shape index (κ3) is 8.16. The van der Waals surface area contributed by atoms with Crippen LogP contribution in [0.25, 0.3) is 0 Å². The van der Waals surface area contributed by atoms with Crippen molar-refractivity contribution in [1.29, 1.82) is 0 Å². The number of aliphatic hydroxyl groups is 3. The Morgan fingerprint density at radius 2 is 1.42 bits per heavy atom. The van der Waals surface area contributed by atoms with Crippen LogP contribution in [0, 0.1) is 11.8 Å². The average molecular weight is 914 g/mol. The van der Waals surface area contributed by atoms with Crippen LogP contribution >= 0.6 is 0 Å². The average Bonchev–Trinajstić information content (AvgIpc) is 3.14. The summed E-state index contributed by atoms with van der Waals surface area (Å²) in [5, 5.41) is 58.6. The largest absolute Gasteiger partial charge is 0.510 e. The number of carboxylic acid groups (broad SMARTS) is 1. The normalized spacial score (nSPS) is 22.3. The predicted octanol–water partition coefficient (Wildman–Crippen LogP) is 4.40. The molecule has 5 rings (SSSR count). The minimum absolute atomic E-state index is 0.0745. The van der Waals surface area contributed by atoms with Crippen molar-refractivity contribution >= 4 is 46.8 Å². The first-order valence-electron chi connectivity index (χ1n) is 19.1. The van der Waals surface area contributed by atoms with E-state index in [1.807, 2.05) is 0 Å². The number of benzene rings is 2. The SMILES string of the molecule is CN(C)c1cc(NC(=O)CN(C(=O)OC(C)(C(=O)O)c2cc(C(F)(F)F)cc(C(F)(F)F)c2)C(C)(C)C)c(O)c2c1C[C@H]1C[C@H]3[C@H](N(C)C)C(O)=C(C(N)=O)C(=O)[C@@]3(O)C(O)=C1C2=O. The van der Waals surface area contributed by atoms with Crippen molar-refractivity contribution in [2.24, 2.45) is 17.6 Å². The Labute approximate surface area is 360 Å². The number of carbonyl (C=O) groups is 6. The molecule has 0 spiro atoms. The third-order valence-electron chi connectivity index (χ3n) is 11.6. The van der Waals surface area contributed by atoms with Crippen molar-refractivity contribution in [3.8, 4) is 5.75 Å². The third-order valence-corrected chi connectivity index (χ3v) is 11.6. The van der Waals surface area contributed by atoms with Crippen LogP contribution in [0.5, 0.6) is 5.75 Å². The number of phenols is 1. The highest BCUT2D eigenvalue weighted by atomic mass is 19.4. The summed E-state index contributed by atoms with van der Waals surface area (Å²) in [6, 6.07) is -0.0914. The summed E-state index contributed by atoms with van der Waals surface area (Å²) in [7, 11) is 6.03. The number of primary amides is 1. The Balaban J connectivity index is 1.53. The maximum atomic E-state index is 14.4. The summed E-state index contributed by atoms with van der Waals surface area (Å²) < 4.78 is 87.3. The molecule has 1 unspecified atom stereocenters. The number of nitrogens with one attached hydrogen (secondary N) is 1. The lowest BCUT2D eigenvalue weighted by Gasteiger charge is -2.50. The number of alkyl halides is 6. The number of ether oxygens (including phenoxy) is 1. The van der Waals surface area contributed by atoms with Gasteiger partial charge in [-0.2, -0.15) is 26.3 Å². The molecule has 0 radical (unpaired) electrons. The molecule has 5 atom stereocenters. The number of carboxylic acids is 1. The number of likely N-dealkylation sites (N-methyl/N-ethyl adjacent to an activating group) is 1. The summed E-state index contributed by atoms with van der Waals surface area (Å²) in [6.07, 6.45) is -12.8. The Kier molecular flexibility index (Phi) is 12.2. The highest BCUT2D eigenvalue weighted by Crippen LogP contribution is 2.54. The van der Waals surface area contributed by atoms with Crippen molar-refractivity contribution in [2.45, 2.75) is 75.7 Å². The van der Waals surface area contributed by atoms with Gasteiger partial charge in [0.05, 0.1) is 28.4 Å². The summed E-state index contributed by atoms with van der Waals surface area (Å²) in [6.45, 7) is 3.46. The van der Waals surface area contributed by atoms with E-state index in [1.54, 1.807) is 14.1 Å². The maximum absolute atomic E-state index is 14.4. The number of phenolic OH excluding ortho intramolecular Hbond substituents is 1. The molecule has 64 heavy (non-hydrogen) atoms. The van der Waals surface area contributed by atoms with Gasteiger partial charge in [0.25, 0.3) is 5.91 Å². The lowest BCUT2D eigenvalue weighted by atomic mass is 9.58. The van der Waals surface area contributed by atoms with Crippen molar-refractivity contribution < 1.29 is 85.4 Å². The molecule has 8 N–H and O–H groups in total. The predicted molar refractivity (Wildman–Crippen MR) is 211 cm³/mol. The quantitative estimate of drug-likeness (QED) is 0.105. The lowest BCUT2D eigenvalue weighted by molar-refractivity contribution is -0.160. The first-order valence-corrected chi connectivity index (χ1v) is 19.1. The first-order chi connectivity index (χ1) is 29.1. The van der Waals surface area contributed by atoms with Crippen molar-refractivity contribution in [3.05, 3.63) is 74.7 Å². The van der Waals surface area contributed by atoms with Crippen molar-refractivity contribution in [3.63, 3.8) is 0 Å². The smallest absolute Gasteiger partial charge is 0.416 e. The standard InChI is InChI=1S/C41H45F6N5O12/c1-37(2,3)52(36(62)64-38(4,35(60)61)17-11-18(40(42,43)44)13-19(12-17)41(45,46)47)15-24(53)49-22-14-23(50(5)6)20-9-16-10-21-28(51(7)8)31(56)27(34(48)59)33(58)39(21,63)32(57)25(16)30(55)26(20)29(22)54/h11-14,16,21,28,54,56-57,63H,9-10,15H2,1-8H3,(H2,48,59)(H,49,53)(H,60,61)/t16-,21-,28-,38?,39-/m0/s1. The van der Waals surface area contributed by atoms with E-state index in [0.717, 1.165) is 0 Å². The number of carbonyl (C=O) groups excluding carboxylic acids is 5. The molecule has 3 aliphatic rings. The number of allylic oxidation sites excluding steroid dienone is 1. The number of aliphatic carboxylic acids is 1. The number of Topliss-reactive ketones (excluding diaryl/α,β-unsaturated/α-hetero) is 2. The topological polar surface area (TPSA) is 261 Å². The van der Waals surface area contributed by atoms with Crippen LogP contribution in [0.4, 0.5) is 42.5 Å². The van der Waals surface area contributed by atoms with Crippen LogP contribution in [0.15, 0.2) is 46.9 Å².